The van der Waals surface area contributed by atoms with Crippen molar-refractivity contribution in [3.63, 3.8) is 0 Å². The van der Waals surface area contributed by atoms with Gasteiger partial charge in [0.15, 0.2) is 0 Å². The van der Waals surface area contributed by atoms with Crippen LogP contribution in [0.2, 0.25) is 0 Å². The number of aliphatic hydroxyl groups is 1. The largest absolute Gasteiger partial charge is 0.496 e. The van der Waals surface area contributed by atoms with E-state index in [0.717, 1.165) is 36.3 Å². The Bertz CT molecular complexity index is 338. The minimum absolute atomic E-state index is 0.206. The van der Waals surface area contributed by atoms with Crippen LogP contribution in [0.15, 0.2) is 22.7 Å². The Hall–Kier alpha value is -0.580. The molecule has 4 heteroatoms. The molecule has 17 heavy (non-hydrogen) atoms. The number of methoxy groups -OCH3 is 1. The second-order valence-electron chi connectivity index (χ2n) is 3.97. The Morgan fingerprint density at radius 1 is 1.35 bits per heavy atom. The summed E-state index contributed by atoms with van der Waals surface area (Å²) in [5.41, 5.74) is 1.22. The van der Waals surface area contributed by atoms with Crippen LogP contribution in [-0.4, -0.2) is 36.8 Å². The van der Waals surface area contributed by atoms with Crippen LogP contribution in [0.3, 0.4) is 0 Å². The Kier molecular flexibility index (Phi) is 6.55. The molecule has 3 nitrogen and oxygen atoms in total. The quantitative estimate of drug-likeness (QED) is 0.840. The van der Waals surface area contributed by atoms with Gasteiger partial charge in [-0.15, -0.1) is 0 Å². The predicted molar refractivity (Wildman–Crippen MR) is 73.3 cm³/mol. The molecule has 0 fully saturated rings. The van der Waals surface area contributed by atoms with Gasteiger partial charge in [-0.1, -0.05) is 13.0 Å². The number of hydrogen-bond acceptors (Lipinski definition) is 3. The SMILES string of the molecule is CCCN(CCO)Cc1ccc(OC)c(Br)c1. The van der Waals surface area contributed by atoms with Gasteiger partial charge in [0.25, 0.3) is 0 Å². The Morgan fingerprint density at radius 2 is 2.12 bits per heavy atom. The van der Waals surface area contributed by atoms with Crippen LogP contribution in [0.1, 0.15) is 18.9 Å². The zero-order valence-electron chi connectivity index (χ0n) is 10.4. The van der Waals surface area contributed by atoms with E-state index in [1.54, 1.807) is 7.11 Å². The number of halogens is 1. The highest BCUT2D eigenvalue weighted by atomic mass is 79.9. The zero-order valence-corrected chi connectivity index (χ0v) is 12.0. The van der Waals surface area contributed by atoms with Crippen molar-refractivity contribution in [3.8, 4) is 5.75 Å². The average Bonchev–Trinajstić information content (AvgIpc) is 2.30. The molecule has 0 aliphatic heterocycles. The molecule has 0 saturated heterocycles. The summed E-state index contributed by atoms with van der Waals surface area (Å²) in [7, 11) is 1.66. The third-order valence-corrected chi connectivity index (χ3v) is 3.20. The molecule has 0 amide bonds. The molecule has 0 aliphatic rings. The predicted octanol–water partition coefficient (Wildman–Crippen LogP) is 2.66. The molecule has 1 N–H and O–H groups in total. The topological polar surface area (TPSA) is 32.7 Å². The molecule has 0 aliphatic carbocycles. The van der Waals surface area contributed by atoms with E-state index < -0.39 is 0 Å². The maximum absolute atomic E-state index is 9.01. The number of nitrogens with zero attached hydrogens (tertiary/aromatic N) is 1. The van der Waals surface area contributed by atoms with E-state index in [-0.39, 0.29) is 6.61 Å². The van der Waals surface area contributed by atoms with Gasteiger partial charge in [-0.2, -0.15) is 0 Å². The number of rotatable bonds is 7. The summed E-state index contributed by atoms with van der Waals surface area (Å²) in [5.74, 6) is 0.845. The fraction of sp³-hybridized carbons (Fsp3) is 0.538. The zero-order chi connectivity index (χ0) is 12.7. The molecule has 1 rings (SSSR count). The van der Waals surface area contributed by atoms with Crippen molar-refractivity contribution in [2.24, 2.45) is 0 Å². The van der Waals surface area contributed by atoms with E-state index >= 15 is 0 Å². The van der Waals surface area contributed by atoms with Crippen LogP contribution in [-0.2, 0) is 6.54 Å². The van der Waals surface area contributed by atoms with Crippen LogP contribution >= 0.6 is 15.9 Å². The monoisotopic (exact) mass is 301 g/mol. The van der Waals surface area contributed by atoms with E-state index in [4.69, 9.17) is 9.84 Å². The second-order valence-corrected chi connectivity index (χ2v) is 4.82. The van der Waals surface area contributed by atoms with E-state index in [2.05, 4.69) is 39.9 Å². The second kappa shape index (κ2) is 7.69. The Morgan fingerprint density at radius 3 is 2.65 bits per heavy atom. The molecule has 0 radical (unpaired) electrons. The summed E-state index contributed by atoms with van der Waals surface area (Å²) in [5, 5.41) is 9.01. The van der Waals surface area contributed by atoms with Crippen molar-refractivity contribution in [2.75, 3.05) is 26.8 Å². The molecule has 0 saturated carbocycles. The van der Waals surface area contributed by atoms with Crippen LogP contribution in [0, 0.1) is 0 Å². The molecule has 96 valence electrons. The molecular weight excluding hydrogens is 282 g/mol. The first-order valence-electron chi connectivity index (χ1n) is 5.86. The first-order chi connectivity index (χ1) is 8.21. The van der Waals surface area contributed by atoms with E-state index in [9.17, 15) is 0 Å². The average molecular weight is 302 g/mol. The number of benzene rings is 1. The lowest BCUT2D eigenvalue weighted by molar-refractivity contribution is 0.190. The first-order valence-corrected chi connectivity index (χ1v) is 6.66. The molecule has 0 spiro atoms. The van der Waals surface area contributed by atoms with Crippen molar-refractivity contribution in [2.45, 2.75) is 19.9 Å². The van der Waals surface area contributed by atoms with Crippen LogP contribution in [0.5, 0.6) is 5.75 Å². The van der Waals surface area contributed by atoms with Gasteiger partial charge in [0.1, 0.15) is 5.75 Å². The lowest BCUT2D eigenvalue weighted by atomic mass is 10.2. The Labute approximate surface area is 112 Å². The van der Waals surface area contributed by atoms with Gasteiger partial charge in [0.2, 0.25) is 0 Å². The smallest absolute Gasteiger partial charge is 0.133 e. The van der Waals surface area contributed by atoms with Crippen molar-refractivity contribution in [3.05, 3.63) is 28.2 Å². The minimum atomic E-state index is 0.206. The van der Waals surface area contributed by atoms with Crippen LogP contribution in [0.25, 0.3) is 0 Å². The molecule has 0 aromatic heterocycles. The van der Waals surface area contributed by atoms with Gasteiger partial charge in [0, 0.05) is 13.1 Å². The maximum atomic E-state index is 9.01. The number of hydrogen-bond donors (Lipinski definition) is 1. The summed E-state index contributed by atoms with van der Waals surface area (Å²) in [4.78, 5) is 2.24. The third kappa shape index (κ3) is 4.66. The summed E-state index contributed by atoms with van der Waals surface area (Å²) < 4.78 is 6.17. The molecule has 0 heterocycles. The maximum Gasteiger partial charge on any atom is 0.133 e. The molecule has 0 unspecified atom stereocenters. The summed E-state index contributed by atoms with van der Waals surface area (Å²) in [6.45, 7) is 4.93. The summed E-state index contributed by atoms with van der Waals surface area (Å²) >= 11 is 3.48. The van der Waals surface area contributed by atoms with Gasteiger partial charge in [-0.05, 0) is 46.6 Å². The van der Waals surface area contributed by atoms with Crippen molar-refractivity contribution >= 4 is 15.9 Å². The molecule has 0 bridgehead atoms. The summed E-state index contributed by atoms with van der Waals surface area (Å²) in [6.07, 6.45) is 1.09. The van der Waals surface area contributed by atoms with Gasteiger partial charge >= 0.3 is 0 Å². The first kappa shape index (κ1) is 14.5. The fourth-order valence-electron chi connectivity index (χ4n) is 1.79. The number of aliphatic hydroxyl groups excluding tert-OH is 1. The van der Waals surface area contributed by atoms with Crippen LogP contribution in [0.4, 0.5) is 0 Å². The minimum Gasteiger partial charge on any atom is -0.496 e. The lowest BCUT2D eigenvalue weighted by Gasteiger charge is -2.20. The fourth-order valence-corrected chi connectivity index (χ4v) is 2.38. The highest BCUT2D eigenvalue weighted by molar-refractivity contribution is 9.10. The van der Waals surface area contributed by atoms with Crippen LogP contribution < -0.4 is 4.74 Å². The normalized spacial score (nSPS) is 10.9. The molecule has 0 atom stereocenters. The van der Waals surface area contributed by atoms with Crippen molar-refractivity contribution in [1.29, 1.82) is 0 Å². The standard InChI is InChI=1S/C13H20BrNO2/c1-3-6-15(7-8-16)10-11-4-5-13(17-2)12(14)9-11/h4-5,9,16H,3,6-8,10H2,1-2H3. The highest BCUT2D eigenvalue weighted by Crippen LogP contribution is 2.26. The molecular formula is C13H20BrNO2. The van der Waals surface area contributed by atoms with Gasteiger partial charge in [0.05, 0.1) is 18.2 Å². The summed E-state index contributed by atoms with van der Waals surface area (Å²) in [6, 6.07) is 6.09. The van der Waals surface area contributed by atoms with E-state index in [0.29, 0.717) is 0 Å². The lowest BCUT2D eigenvalue weighted by Crippen LogP contribution is -2.27. The Balaban J connectivity index is 2.68. The van der Waals surface area contributed by atoms with Crippen molar-refractivity contribution < 1.29 is 9.84 Å². The number of ether oxygens (including phenoxy) is 1. The highest BCUT2D eigenvalue weighted by Gasteiger charge is 2.06. The molecule has 1 aromatic carbocycles. The third-order valence-electron chi connectivity index (χ3n) is 2.58. The van der Waals surface area contributed by atoms with Crippen molar-refractivity contribution in [1.82, 2.24) is 4.90 Å². The molecule has 1 aromatic rings. The van der Waals surface area contributed by atoms with E-state index in [1.807, 2.05) is 6.07 Å². The van der Waals surface area contributed by atoms with Gasteiger partial charge in [-0.25, -0.2) is 0 Å². The van der Waals surface area contributed by atoms with Gasteiger partial charge < -0.3 is 9.84 Å². The van der Waals surface area contributed by atoms with E-state index in [1.165, 1.54) is 5.56 Å². The van der Waals surface area contributed by atoms with Gasteiger partial charge in [-0.3, -0.25) is 4.90 Å².